The summed E-state index contributed by atoms with van der Waals surface area (Å²) in [5.41, 5.74) is 0.0555. The number of aromatic amines is 1. The highest BCUT2D eigenvalue weighted by Gasteiger charge is 2.21. The van der Waals surface area contributed by atoms with Gasteiger partial charge in [-0.25, -0.2) is 0 Å². The van der Waals surface area contributed by atoms with Crippen LogP contribution in [0.25, 0.3) is 0 Å². The van der Waals surface area contributed by atoms with Crippen molar-refractivity contribution in [1.29, 1.82) is 0 Å². The Labute approximate surface area is 89.1 Å². The summed E-state index contributed by atoms with van der Waals surface area (Å²) in [6, 6.07) is 3.40. The first-order valence-corrected chi connectivity index (χ1v) is 4.86. The fraction of sp³-hybridized carbons (Fsp3) is 0.455. The second-order valence-corrected chi connectivity index (χ2v) is 4.44. The Morgan fingerprint density at radius 1 is 1.40 bits per heavy atom. The monoisotopic (exact) mass is 208 g/mol. The van der Waals surface area contributed by atoms with Gasteiger partial charge in [0.05, 0.1) is 6.54 Å². The molecule has 0 radical (unpaired) electrons. The van der Waals surface area contributed by atoms with Gasteiger partial charge in [-0.2, -0.15) is 0 Å². The van der Waals surface area contributed by atoms with Crippen LogP contribution in [0.4, 0.5) is 0 Å². The Morgan fingerprint density at radius 3 is 2.53 bits per heavy atom. The molecule has 1 rings (SSSR count). The molecule has 1 aromatic heterocycles. The number of hydrogen-bond donors (Lipinski definition) is 2. The minimum absolute atomic E-state index is 0.0161. The van der Waals surface area contributed by atoms with E-state index in [1.54, 1.807) is 18.3 Å². The van der Waals surface area contributed by atoms with Gasteiger partial charge in [-0.1, -0.05) is 20.8 Å². The van der Waals surface area contributed by atoms with Crippen LogP contribution in [0, 0.1) is 5.41 Å². The number of Topliss-reactive ketones (excluding diaryl/α,β-unsaturated/α-hetero) is 1. The molecule has 1 amide bonds. The summed E-state index contributed by atoms with van der Waals surface area (Å²) in [6.07, 6.45) is 1.67. The Bertz CT molecular complexity index is 347. The van der Waals surface area contributed by atoms with E-state index in [4.69, 9.17) is 0 Å². The smallest absolute Gasteiger partial charge is 0.268 e. The van der Waals surface area contributed by atoms with E-state index in [0.717, 1.165) is 0 Å². The quantitative estimate of drug-likeness (QED) is 0.787. The standard InChI is InChI=1S/C11H16N2O2/c1-11(2,3)9(14)7-13-10(15)8-5-4-6-12-8/h4-6,12H,7H2,1-3H3,(H,13,15). The molecule has 0 saturated heterocycles. The summed E-state index contributed by atoms with van der Waals surface area (Å²) in [5.74, 6) is -0.236. The zero-order chi connectivity index (χ0) is 11.5. The maximum absolute atomic E-state index is 11.5. The predicted molar refractivity (Wildman–Crippen MR) is 57.6 cm³/mol. The van der Waals surface area contributed by atoms with Gasteiger partial charge in [0, 0.05) is 11.6 Å². The number of aromatic nitrogens is 1. The molecule has 0 aliphatic carbocycles. The van der Waals surface area contributed by atoms with Crippen LogP contribution in [0.15, 0.2) is 18.3 Å². The third-order valence-corrected chi connectivity index (χ3v) is 2.09. The zero-order valence-electron chi connectivity index (χ0n) is 9.26. The van der Waals surface area contributed by atoms with E-state index in [0.29, 0.717) is 5.69 Å². The van der Waals surface area contributed by atoms with Crippen molar-refractivity contribution in [2.45, 2.75) is 20.8 Å². The van der Waals surface area contributed by atoms with Gasteiger partial charge < -0.3 is 10.3 Å². The maximum Gasteiger partial charge on any atom is 0.268 e. The van der Waals surface area contributed by atoms with Crippen LogP contribution in [-0.2, 0) is 4.79 Å². The molecule has 0 bridgehead atoms. The van der Waals surface area contributed by atoms with E-state index in [1.165, 1.54) is 0 Å². The second-order valence-electron chi connectivity index (χ2n) is 4.44. The Morgan fingerprint density at radius 2 is 2.07 bits per heavy atom. The topological polar surface area (TPSA) is 62.0 Å². The summed E-state index contributed by atoms with van der Waals surface area (Å²) >= 11 is 0. The predicted octanol–water partition coefficient (Wildman–Crippen LogP) is 1.36. The zero-order valence-corrected chi connectivity index (χ0v) is 9.26. The van der Waals surface area contributed by atoms with Crippen LogP contribution in [0.1, 0.15) is 31.3 Å². The molecule has 0 spiro atoms. The summed E-state index contributed by atoms with van der Waals surface area (Å²) in [6.45, 7) is 5.56. The van der Waals surface area contributed by atoms with E-state index < -0.39 is 5.41 Å². The maximum atomic E-state index is 11.5. The van der Waals surface area contributed by atoms with Gasteiger partial charge >= 0.3 is 0 Å². The van der Waals surface area contributed by atoms with Crippen LogP contribution in [0.3, 0.4) is 0 Å². The van der Waals surface area contributed by atoms with Crippen LogP contribution in [0.5, 0.6) is 0 Å². The average Bonchev–Trinajstić information content (AvgIpc) is 2.64. The van der Waals surface area contributed by atoms with Crippen molar-refractivity contribution >= 4 is 11.7 Å². The van der Waals surface area contributed by atoms with E-state index in [2.05, 4.69) is 10.3 Å². The first-order valence-electron chi connectivity index (χ1n) is 4.86. The third-order valence-electron chi connectivity index (χ3n) is 2.09. The first-order chi connectivity index (χ1) is 6.91. The largest absolute Gasteiger partial charge is 0.357 e. The lowest BCUT2D eigenvalue weighted by atomic mass is 9.91. The Balaban J connectivity index is 2.45. The molecule has 82 valence electrons. The molecule has 1 aromatic rings. The number of carbonyl (C=O) groups excluding carboxylic acids is 2. The molecule has 0 saturated carbocycles. The second kappa shape index (κ2) is 4.29. The molecule has 0 atom stereocenters. The highest BCUT2D eigenvalue weighted by atomic mass is 16.2. The summed E-state index contributed by atoms with van der Waals surface area (Å²) < 4.78 is 0. The normalized spacial score (nSPS) is 11.1. The number of hydrogen-bond acceptors (Lipinski definition) is 2. The van der Waals surface area contributed by atoms with Crippen LogP contribution < -0.4 is 5.32 Å². The first kappa shape index (κ1) is 11.5. The number of ketones is 1. The van der Waals surface area contributed by atoms with Crippen molar-refractivity contribution in [2.75, 3.05) is 6.54 Å². The molecule has 4 heteroatoms. The fourth-order valence-corrected chi connectivity index (χ4v) is 0.993. The van der Waals surface area contributed by atoms with E-state index in [-0.39, 0.29) is 18.2 Å². The molecule has 4 nitrogen and oxygen atoms in total. The lowest BCUT2D eigenvalue weighted by Gasteiger charge is -2.16. The molecule has 15 heavy (non-hydrogen) atoms. The average molecular weight is 208 g/mol. The van der Waals surface area contributed by atoms with Gasteiger partial charge in [0.2, 0.25) is 0 Å². The SMILES string of the molecule is CC(C)(C)C(=O)CNC(=O)c1ccc[nH]1. The number of rotatable bonds is 3. The minimum atomic E-state index is -0.414. The molecule has 0 aliphatic heterocycles. The number of amides is 1. The van der Waals surface area contributed by atoms with Gasteiger partial charge in [-0.15, -0.1) is 0 Å². The molecule has 2 N–H and O–H groups in total. The van der Waals surface area contributed by atoms with E-state index in [9.17, 15) is 9.59 Å². The summed E-state index contributed by atoms with van der Waals surface area (Å²) in [7, 11) is 0. The number of H-pyrrole nitrogens is 1. The Kier molecular flexibility index (Phi) is 3.29. The highest BCUT2D eigenvalue weighted by molar-refractivity contribution is 5.96. The van der Waals surface area contributed by atoms with Gasteiger partial charge in [0.15, 0.2) is 5.78 Å². The van der Waals surface area contributed by atoms with Crippen molar-refractivity contribution in [1.82, 2.24) is 10.3 Å². The minimum Gasteiger partial charge on any atom is -0.357 e. The van der Waals surface area contributed by atoms with Crippen LogP contribution in [-0.4, -0.2) is 23.2 Å². The van der Waals surface area contributed by atoms with Crippen molar-refractivity contribution in [3.63, 3.8) is 0 Å². The summed E-state index contributed by atoms with van der Waals surface area (Å²) in [5, 5.41) is 2.57. The highest BCUT2D eigenvalue weighted by Crippen LogP contribution is 2.13. The van der Waals surface area contributed by atoms with Gasteiger partial charge in [0.1, 0.15) is 5.69 Å². The Hall–Kier alpha value is -1.58. The number of nitrogens with one attached hydrogen (secondary N) is 2. The summed E-state index contributed by atoms with van der Waals surface area (Å²) in [4.78, 5) is 25.7. The van der Waals surface area contributed by atoms with Crippen molar-refractivity contribution in [3.8, 4) is 0 Å². The van der Waals surface area contributed by atoms with Crippen LogP contribution in [0.2, 0.25) is 0 Å². The molecule has 0 unspecified atom stereocenters. The van der Waals surface area contributed by atoms with Crippen molar-refractivity contribution in [3.05, 3.63) is 24.0 Å². The number of carbonyl (C=O) groups is 2. The van der Waals surface area contributed by atoms with Gasteiger partial charge in [0.25, 0.3) is 5.91 Å². The lowest BCUT2D eigenvalue weighted by Crippen LogP contribution is -2.35. The third kappa shape index (κ3) is 3.23. The lowest BCUT2D eigenvalue weighted by molar-refractivity contribution is -0.125. The van der Waals surface area contributed by atoms with Crippen molar-refractivity contribution < 1.29 is 9.59 Å². The molecule has 0 fully saturated rings. The molecule has 0 aromatic carbocycles. The van der Waals surface area contributed by atoms with Gasteiger partial charge in [-0.3, -0.25) is 9.59 Å². The van der Waals surface area contributed by atoms with E-state index in [1.807, 2.05) is 20.8 Å². The molecular weight excluding hydrogens is 192 g/mol. The molecule has 0 aliphatic rings. The fourth-order valence-electron chi connectivity index (χ4n) is 0.993. The van der Waals surface area contributed by atoms with Crippen molar-refractivity contribution in [2.24, 2.45) is 5.41 Å². The molecular formula is C11H16N2O2. The van der Waals surface area contributed by atoms with E-state index >= 15 is 0 Å². The van der Waals surface area contributed by atoms with Gasteiger partial charge in [-0.05, 0) is 12.1 Å². The van der Waals surface area contributed by atoms with Crippen LogP contribution >= 0.6 is 0 Å². The molecule has 1 heterocycles.